The van der Waals surface area contributed by atoms with Gasteiger partial charge in [0.25, 0.3) is 0 Å². The van der Waals surface area contributed by atoms with Gasteiger partial charge in [-0.25, -0.2) is 0 Å². The van der Waals surface area contributed by atoms with Crippen molar-refractivity contribution >= 4 is 11.9 Å². The largest absolute Gasteiger partial charge is 0.466 e. The molecule has 3 rings (SSSR count). The van der Waals surface area contributed by atoms with E-state index >= 15 is 0 Å². The molecule has 1 aliphatic heterocycles. The van der Waals surface area contributed by atoms with Gasteiger partial charge in [-0.3, -0.25) is 9.59 Å². The lowest BCUT2D eigenvalue weighted by atomic mass is 9.63. The first-order chi connectivity index (χ1) is 12.7. The SMILES string of the molecule is CCOC(=O)C1(C2CCCCC2)CCN(C(=O)CC2CCCCC2)CC1. The van der Waals surface area contributed by atoms with Gasteiger partial charge in [0.2, 0.25) is 5.91 Å². The Morgan fingerprint density at radius 3 is 2.08 bits per heavy atom. The number of hydrogen-bond donors (Lipinski definition) is 0. The third-order valence-electron chi connectivity index (χ3n) is 7.27. The van der Waals surface area contributed by atoms with Crippen LogP contribution in [0.15, 0.2) is 0 Å². The van der Waals surface area contributed by atoms with Crippen LogP contribution in [0.3, 0.4) is 0 Å². The fraction of sp³-hybridized carbons (Fsp3) is 0.909. The molecule has 2 saturated carbocycles. The van der Waals surface area contributed by atoms with E-state index in [2.05, 4.69) is 0 Å². The maximum atomic E-state index is 12.9. The Bertz CT molecular complexity index is 470. The molecule has 0 bridgehead atoms. The van der Waals surface area contributed by atoms with E-state index in [0.717, 1.165) is 45.2 Å². The van der Waals surface area contributed by atoms with E-state index in [4.69, 9.17) is 4.74 Å². The summed E-state index contributed by atoms with van der Waals surface area (Å²) in [5.41, 5.74) is -0.335. The van der Waals surface area contributed by atoms with E-state index in [0.29, 0.717) is 24.3 Å². The monoisotopic (exact) mass is 363 g/mol. The lowest BCUT2D eigenvalue weighted by molar-refractivity contribution is -0.166. The summed E-state index contributed by atoms with van der Waals surface area (Å²) in [4.78, 5) is 27.7. The summed E-state index contributed by atoms with van der Waals surface area (Å²) in [6, 6.07) is 0. The minimum Gasteiger partial charge on any atom is -0.466 e. The van der Waals surface area contributed by atoms with Gasteiger partial charge in [-0.15, -0.1) is 0 Å². The minimum atomic E-state index is -0.335. The summed E-state index contributed by atoms with van der Waals surface area (Å²) in [6.07, 6.45) is 14.7. The molecule has 3 aliphatic rings. The van der Waals surface area contributed by atoms with E-state index in [1.165, 1.54) is 51.4 Å². The van der Waals surface area contributed by atoms with Crippen LogP contribution in [-0.2, 0) is 14.3 Å². The van der Waals surface area contributed by atoms with Gasteiger partial charge in [-0.05, 0) is 57.3 Å². The molecule has 3 fully saturated rings. The van der Waals surface area contributed by atoms with Crippen molar-refractivity contribution in [1.29, 1.82) is 0 Å². The molecule has 1 amide bonds. The molecular weight excluding hydrogens is 326 g/mol. The Morgan fingerprint density at radius 1 is 0.923 bits per heavy atom. The van der Waals surface area contributed by atoms with Crippen molar-refractivity contribution in [3.05, 3.63) is 0 Å². The molecule has 1 saturated heterocycles. The number of esters is 1. The van der Waals surface area contributed by atoms with Crippen LogP contribution in [0, 0.1) is 17.3 Å². The molecule has 1 heterocycles. The molecule has 0 aromatic heterocycles. The Kier molecular flexibility index (Phi) is 6.99. The summed E-state index contributed by atoms with van der Waals surface area (Å²) >= 11 is 0. The second-order valence-corrected chi connectivity index (χ2v) is 8.80. The lowest BCUT2D eigenvalue weighted by Crippen LogP contribution is -2.51. The van der Waals surface area contributed by atoms with E-state index in [9.17, 15) is 9.59 Å². The van der Waals surface area contributed by atoms with E-state index in [1.54, 1.807) is 0 Å². The molecule has 0 spiro atoms. The molecule has 0 radical (unpaired) electrons. The Balaban J connectivity index is 1.60. The molecular formula is C22H37NO3. The molecule has 2 aliphatic carbocycles. The minimum absolute atomic E-state index is 0.00581. The molecule has 0 N–H and O–H groups in total. The van der Waals surface area contributed by atoms with Crippen LogP contribution in [0.1, 0.15) is 90.4 Å². The first-order valence-electron chi connectivity index (χ1n) is 11.1. The van der Waals surface area contributed by atoms with Crippen molar-refractivity contribution in [3.63, 3.8) is 0 Å². The highest BCUT2D eigenvalue weighted by molar-refractivity contribution is 5.79. The van der Waals surface area contributed by atoms with E-state index in [1.807, 2.05) is 11.8 Å². The van der Waals surface area contributed by atoms with Gasteiger partial charge in [-0.1, -0.05) is 38.5 Å². The van der Waals surface area contributed by atoms with Crippen LogP contribution in [0.25, 0.3) is 0 Å². The predicted molar refractivity (Wildman–Crippen MR) is 103 cm³/mol. The molecule has 148 valence electrons. The van der Waals surface area contributed by atoms with Crippen molar-refractivity contribution in [2.45, 2.75) is 90.4 Å². The van der Waals surface area contributed by atoms with Crippen LogP contribution in [0.5, 0.6) is 0 Å². The molecule has 26 heavy (non-hydrogen) atoms. The third-order valence-corrected chi connectivity index (χ3v) is 7.27. The first-order valence-corrected chi connectivity index (χ1v) is 11.1. The first kappa shape index (κ1) is 19.7. The number of hydrogen-bond acceptors (Lipinski definition) is 3. The van der Waals surface area contributed by atoms with Crippen molar-refractivity contribution in [1.82, 2.24) is 4.90 Å². The van der Waals surface area contributed by atoms with E-state index < -0.39 is 0 Å². The number of carbonyl (C=O) groups excluding carboxylic acids is 2. The van der Waals surface area contributed by atoms with Gasteiger partial charge in [0.1, 0.15) is 0 Å². The maximum absolute atomic E-state index is 12.9. The van der Waals surface area contributed by atoms with Crippen LogP contribution < -0.4 is 0 Å². The quantitative estimate of drug-likeness (QED) is 0.665. The number of piperidine rings is 1. The number of ether oxygens (including phenoxy) is 1. The zero-order valence-corrected chi connectivity index (χ0v) is 16.6. The van der Waals surface area contributed by atoms with Crippen molar-refractivity contribution in [2.75, 3.05) is 19.7 Å². The van der Waals surface area contributed by atoms with Gasteiger partial charge >= 0.3 is 5.97 Å². The second-order valence-electron chi connectivity index (χ2n) is 8.80. The Morgan fingerprint density at radius 2 is 1.50 bits per heavy atom. The smallest absolute Gasteiger partial charge is 0.312 e. The lowest BCUT2D eigenvalue weighted by Gasteiger charge is -2.46. The number of carbonyl (C=O) groups is 2. The number of rotatable bonds is 5. The van der Waals surface area contributed by atoms with Gasteiger partial charge < -0.3 is 9.64 Å². The number of nitrogens with zero attached hydrogens (tertiary/aromatic N) is 1. The average Bonchev–Trinajstić information content (AvgIpc) is 2.69. The Labute approximate surface area is 159 Å². The molecule has 4 heteroatoms. The molecule has 0 atom stereocenters. The van der Waals surface area contributed by atoms with Crippen LogP contribution in [0.4, 0.5) is 0 Å². The highest BCUT2D eigenvalue weighted by Gasteiger charge is 2.49. The van der Waals surface area contributed by atoms with Crippen molar-refractivity contribution in [2.24, 2.45) is 17.3 Å². The molecule has 4 nitrogen and oxygen atoms in total. The summed E-state index contributed by atoms with van der Waals surface area (Å²) < 4.78 is 5.51. The van der Waals surface area contributed by atoms with E-state index in [-0.39, 0.29) is 11.4 Å². The highest BCUT2D eigenvalue weighted by Crippen LogP contribution is 2.47. The fourth-order valence-corrected chi connectivity index (χ4v) is 5.63. The highest BCUT2D eigenvalue weighted by atomic mass is 16.5. The van der Waals surface area contributed by atoms with Crippen molar-refractivity contribution < 1.29 is 14.3 Å². The second kappa shape index (κ2) is 9.23. The predicted octanol–water partition coefficient (Wildman–Crippen LogP) is 4.71. The molecule has 0 aromatic carbocycles. The summed E-state index contributed by atoms with van der Waals surface area (Å²) in [5.74, 6) is 1.36. The Hall–Kier alpha value is -1.06. The summed E-state index contributed by atoms with van der Waals surface area (Å²) in [7, 11) is 0. The van der Waals surface area contributed by atoms with Crippen molar-refractivity contribution in [3.8, 4) is 0 Å². The zero-order chi connectivity index (χ0) is 18.4. The fourth-order valence-electron chi connectivity index (χ4n) is 5.63. The maximum Gasteiger partial charge on any atom is 0.312 e. The summed E-state index contributed by atoms with van der Waals surface area (Å²) in [6.45, 7) is 3.83. The van der Waals surface area contributed by atoms with Gasteiger partial charge in [0.15, 0.2) is 0 Å². The van der Waals surface area contributed by atoms with Gasteiger partial charge in [-0.2, -0.15) is 0 Å². The number of likely N-dealkylation sites (tertiary alicyclic amines) is 1. The normalized spacial score (nSPS) is 25.0. The van der Waals surface area contributed by atoms with Crippen LogP contribution in [-0.4, -0.2) is 36.5 Å². The van der Waals surface area contributed by atoms with Gasteiger partial charge in [0, 0.05) is 19.5 Å². The van der Waals surface area contributed by atoms with Crippen LogP contribution in [0.2, 0.25) is 0 Å². The molecule has 0 aromatic rings. The standard InChI is InChI=1S/C22H37NO3/c1-2-26-21(25)22(19-11-7-4-8-12-19)13-15-23(16-14-22)20(24)17-18-9-5-3-6-10-18/h18-19H,2-17H2,1H3. The summed E-state index contributed by atoms with van der Waals surface area (Å²) in [5, 5.41) is 0. The van der Waals surface area contributed by atoms with Crippen LogP contribution >= 0.6 is 0 Å². The zero-order valence-electron chi connectivity index (χ0n) is 16.6. The number of amides is 1. The topological polar surface area (TPSA) is 46.6 Å². The average molecular weight is 364 g/mol. The molecule has 0 unspecified atom stereocenters. The third kappa shape index (κ3) is 4.43. The van der Waals surface area contributed by atoms with Gasteiger partial charge in [0.05, 0.1) is 12.0 Å².